The number of aromatic amines is 1. The number of carbonyl (C=O) groups is 1. The molecule has 2 aromatic heterocycles. The van der Waals surface area contributed by atoms with E-state index in [2.05, 4.69) is 25.2 Å². The number of nitrogens with one attached hydrogen (secondary N) is 2. The Morgan fingerprint density at radius 1 is 1.22 bits per heavy atom. The van der Waals surface area contributed by atoms with Crippen molar-refractivity contribution in [2.75, 3.05) is 24.5 Å². The third-order valence-corrected chi connectivity index (χ3v) is 4.89. The Labute approximate surface area is 156 Å². The van der Waals surface area contributed by atoms with Crippen molar-refractivity contribution in [2.45, 2.75) is 12.8 Å². The number of benzene rings is 1. The minimum Gasteiger partial charge on any atom is -0.350 e. The van der Waals surface area contributed by atoms with Gasteiger partial charge in [-0.2, -0.15) is 0 Å². The van der Waals surface area contributed by atoms with Crippen LogP contribution >= 0.6 is 0 Å². The van der Waals surface area contributed by atoms with Crippen LogP contribution in [0.4, 0.5) is 5.95 Å². The molecule has 7 heteroatoms. The molecule has 1 aliphatic heterocycles. The monoisotopic (exact) mass is 363 g/mol. The summed E-state index contributed by atoms with van der Waals surface area (Å²) in [4.78, 5) is 38.5. The molecule has 1 atom stereocenters. The summed E-state index contributed by atoms with van der Waals surface area (Å²) in [5.41, 5.74) is 0.803. The summed E-state index contributed by atoms with van der Waals surface area (Å²) >= 11 is 0. The van der Waals surface area contributed by atoms with Crippen LogP contribution in [0.1, 0.15) is 23.3 Å². The molecule has 3 aromatic rings. The predicted octanol–water partition coefficient (Wildman–Crippen LogP) is 1.96. The quantitative estimate of drug-likeness (QED) is 0.739. The van der Waals surface area contributed by atoms with Crippen LogP contribution in [0.5, 0.6) is 0 Å². The van der Waals surface area contributed by atoms with Crippen LogP contribution in [0, 0.1) is 5.92 Å². The average Bonchev–Trinajstić information content (AvgIpc) is 2.73. The molecular formula is C20H21N5O2. The van der Waals surface area contributed by atoms with E-state index < -0.39 is 0 Å². The Kier molecular flexibility index (Phi) is 4.82. The van der Waals surface area contributed by atoms with Crippen molar-refractivity contribution in [1.29, 1.82) is 0 Å². The molecule has 3 heterocycles. The molecule has 0 aliphatic carbocycles. The van der Waals surface area contributed by atoms with E-state index >= 15 is 0 Å². The van der Waals surface area contributed by atoms with Crippen LogP contribution in [0.2, 0.25) is 0 Å². The van der Waals surface area contributed by atoms with Crippen LogP contribution in [-0.4, -0.2) is 40.5 Å². The lowest BCUT2D eigenvalue weighted by Crippen LogP contribution is -2.41. The highest BCUT2D eigenvalue weighted by atomic mass is 16.2. The van der Waals surface area contributed by atoms with Crippen molar-refractivity contribution in [3.05, 3.63) is 64.7 Å². The van der Waals surface area contributed by atoms with E-state index in [1.807, 2.05) is 12.1 Å². The second-order valence-corrected chi connectivity index (χ2v) is 6.81. The first kappa shape index (κ1) is 17.2. The second kappa shape index (κ2) is 7.57. The number of anilines is 1. The number of nitrogens with zero attached hydrogens (tertiary/aromatic N) is 3. The molecule has 0 unspecified atom stereocenters. The minimum absolute atomic E-state index is 0.153. The molecule has 0 radical (unpaired) electrons. The van der Waals surface area contributed by atoms with Gasteiger partial charge in [0, 0.05) is 49.0 Å². The lowest BCUT2D eigenvalue weighted by atomic mass is 9.98. The van der Waals surface area contributed by atoms with Crippen molar-refractivity contribution in [3.8, 4) is 0 Å². The molecule has 1 saturated heterocycles. The van der Waals surface area contributed by atoms with E-state index in [9.17, 15) is 9.59 Å². The first-order valence-electron chi connectivity index (χ1n) is 9.13. The number of para-hydroxylation sites is 1. The Bertz CT molecular complexity index is 1000. The fourth-order valence-corrected chi connectivity index (χ4v) is 3.52. The zero-order chi connectivity index (χ0) is 18.6. The maximum atomic E-state index is 12.5. The summed E-state index contributed by atoms with van der Waals surface area (Å²) in [5, 5.41) is 3.54. The zero-order valence-corrected chi connectivity index (χ0v) is 14.9. The highest BCUT2D eigenvalue weighted by Crippen LogP contribution is 2.19. The maximum Gasteiger partial charge on any atom is 0.267 e. The molecule has 1 amide bonds. The molecule has 138 valence electrons. The minimum atomic E-state index is -0.258. The van der Waals surface area contributed by atoms with E-state index in [1.54, 1.807) is 30.6 Å². The maximum absolute atomic E-state index is 12.5. The van der Waals surface area contributed by atoms with Gasteiger partial charge in [0.15, 0.2) is 5.43 Å². The van der Waals surface area contributed by atoms with E-state index in [0.717, 1.165) is 31.9 Å². The third-order valence-electron chi connectivity index (χ3n) is 4.89. The van der Waals surface area contributed by atoms with Gasteiger partial charge in [-0.25, -0.2) is 9.97 Å². The second-order valence-electron chi connectivity index (χ2n) is 6.81. The lowest BCUT2D eigenvalue weighted by molar-refractivity contribution is 0.0941. The number of hydrogen-bond donors (Lipinski definition) is 2. The summed E-state index contributed by atoms with van der Waals surface area (Å²) in [6, 6.07) is 10.4. The molecule has 0 saturated carbocycles. The van der Waals surface area contributed by atoms with Crippen molar-refractivity contribution in [2.24, 2.45) is 5.92 Å². The number of H-pyrrole nitrogens is 1. The van der Waals surface area contributed by atoms with Crippen molar-refractivity contribution in [3.63, 3.8) is 0 Å². The molecule has 2 N–H and O–H groups in total. The van der Waals surface area contributed by atoms with E-state index in [-0.39, 0.29) is 17.0 Å². The number of aromatic nitrogens is 3. The molecule has 1 aliphatic rings. The summed E-state index contributed by atoms with van der Waals surface area (Å²) < 4.78 is 0. The summed E-state index contributed by atoms with van der Waals surface area (Å²) in [7, 11) is 0. The Hall–Kier alpha value is -3.22. The van der Waals surface area contributed by atoms with E-state index in [4.69, 9.17) is 0 Å². The molecule has 0 bridgehead atoms. The molecule has 1 fully saturated rings. The molecule has 0 spiro atoms. The van der Waals surface area contributed by atoms with Crippen LogP contribution in [0.15, 0.2) is 53.6 Å². The van der Waals surface area contributed by atoms with E-state index in [0.29, 0.717) is 23.4 Å². The van der Waals surface area contributed by atoms with Gasteiger partial charge in [0.05, 0.1) is 0 Å². The zero-order valence-electron chi connectivity index (χ0n) is 14.9. The summed E-state index contributed by atoms with van der Waals surface area (Å²) in [6.45, 7) is 2.28. The van der Waals surface area contributed by atoms with Gasteiger partial charge < -0.3 is 15.2 Å². The Balaban J connectivity index is 1.41. The summed E-state index contributed by atoms with van der Waals surface area (Å²) in [5.74, 6) is 0.789. The number of piperidine rings is 1. The average molecular weight is 363 g/mol. The third kappa shape index (κ3) is 3.81. The van der Waals surface area contributed by atoms with Crippen molar-refractivity contribution >= 4 is 22.8 Å². The fraction of sp³-hybridized carbons (Fsp3) is 0.300. The van der Waals surface area contributed by atoms with E-state index in [1.165, 1.54) is 6.07 Å². The van der Waals surface area contributed by atoms with Gasteiger partial charge in [0.2, 0.25) is 5.95 Å². The van der Waals surface area contributed by atoms with Gasteiger partial charge in [0.25, 0.3) is 5.91 Å². The Morgan fingerprint density at radius 3 is 2.89 bits per heavy atom. The molecule has 1 aromatic carbocycles. The standard InChI is InChI=1S/C20H21N5O2/c26-18-11-17(24-16-7-2-1-6-15(16)18)19(27)23-12-14-5-3-10-25(13-14)20-21-8-4-9-22-20/h1-2,4,6-9,11,14H,3,5,10,12-13H2,(H,23,27)(H,24,26)/t14-/m1/s1. The number of hydrogen-bond acceptors (Lipinski definition) is 5. The predicted molar refractivity (Wildman–Crippen MR) is 104 cm³/mol. The van der Waals surface area contributed by atoms with Gasteiger partial charge >= 0.3 is 0 Å². The molecule has 27 heavy (non-hydrogen) atoms. The highest BCUT2D eigenvalue weighted by Gasteiger charge is 2.22. The number of fused-ring (bicyclic) bond motifs is 1. The number of amides is 1. The van der Waals surface area contributed by atoms with Crippen molar-refractivity contribution < 1.29 is 4.79 Å². The normalized spacial score (nSPS) is 17.0. The largest absolute Gasteiger partial charge is 0.350 e. The van der Waals surface area contributed by atoms with Crippen LogP contribution in [0.3, 0.4) is 0 Å². The van der Waals surface area contributed by atoms with Gasteiger partial charge in [-0.1, -0.05) is 12.1 Å². The van der Waals surface area contributed by atoms with Crippen LogP contribution < -0.4 is 15.6 Å². The molecular weight excluding hydrogens is 342 g/mol. The van der Waals surface area contributed by atoms with Crippen LogP contribution in [0.25, 0.3) is 10.9 Å². The van der Waals surface area contributed by atoms with Gasteiger partial charge in [0.1, 0.15) is 5.69 Å². The fourth-order valence-electron chi connectivity index (χ4n) is 3.52. The smallest absolute Gasteiger partial charge is 0.267 e. The van der Waals surface area contributed by atoms with Gasteiger partial charge in [-0.15, -0.1) is 0 Å². The van der Waals surface area contributed by atoms with Gasteiger partial charge in [-0.3, -0.25) is 9.59 Å². The number of carbonyl (C=O) groups excluding carboxylic acids is 1. The summed E-state index contributed by atoms with van der Waals surface area (Å²) in [6.07, 6.45) is 5.55. The number of rotatable bonds is 4. The number of pyridine rings is 1. The van der Waals surface area contributed by atoms with Crippen molar-refractivity contribution in [1.82, 2.24) is 20.3 Å². The first-order valence-corrected chi connectivity index (χ1v) is 9.13. The lowest BCUT2D eigenvalue weighted by Gasteiger charge is -2.32. The first-order chi connectivity index (χ1) is 13.2. The Morgan fingerprint density at radius 2 is 2.04 bits per heavy atom. The highest BCUT2D eigenvalue weighted by molar-refractivity contribution is 5.94. The van der Waals surface area contributed by atoms with Crippen LogP contribution in [-0.2, 0) is 0 Å². The molecule has 4 rings (SSSR count). The molecule has 7 nitrogen and oxygen atoms in total. The topological polar surface area (TPSA) is 91.0 Å². The SMILES string of the molecule is O=C(NC[C@H]1CCCN(c2ncccn2)C1)c1cc(=O)c2ccccc2[nH]1. The van der Waals surface area contributed by atoms with Gasteiger partial charge in [-0.05, 0) is 37.0 Å².